The lowest BCUT2D eigenvalue weighted by atomic mass is 9.96. The quantitative estimate of drug-likeness (QED) is 0.662. The van der Waals surface area contributed by atoms with Crippen molar-refractivity contribution in [2.24, 2.45) is 0 Å². The minimum atomic E-state index is -3.93. The Morgan fingerprint density at radius 2 is 1.91 bits per heavy atom. The third kappa shape index (κ3) is 5.92. The number of aliphatic hydroxyl groups is 1. The third-order valence-electron chi connectivity index (χ3n) is 5.81. The first-order valence-corrected chi connectivity index (χ1v) is 12.7. The van der Waals surface area contributed by atoms with Gasteiger partial charge in [-0.1, -0.05) is 35.9 Å². The summed E-state index contributed by atoms with van der Waals surface area (Å²) in [6.45, 7) is 0.00589. The Kier molecular flexibility index (Phi) is 7.68. The zero-order chi connectivity index (χ0) is 23.4. The van der Waals surface area contributed by atoms with Crippen LogP contribution in [-0.4, -0.2) is 67.8 Å². The Morgan fingerprint density at radius 1 is 1.12 bits per heavy atom. The molecule has 4 rings (SSSR count). The first-order chi connectivity index (χ1) is 15.8. The number of halogens is 1. The summed E-state index contributed by atoms with van der Waals surface area (Å²) >= 11 is 6.02. The summed E-state index contributed by atoms with van der Waals surface area (Å²) in [6, 6.07) is 14.7. The van der Waals surface area contributed by atoms with E-state index in [9.17, 15) is 18.3 Å². The summed E-state index contributed by atoms with van der Waals surface area (Å²) in [7, 11) is -3.93. The van der Waals surface area contributed by atoms with E-state index >= 15 is 0 Å². The molecule has 2 aromatic rings. The van der Waals surface area contributed by atoms with Gasteiger partial charge in [-0.05, 0) is 43.2 Å². The highest BCUT2D eigenvalue weighted by Crippen LogP contribution is 2.32. The third-order valence-corrected chi connectivity index (χ3v) is 7.93. The highest BCUT2D eigenvalue weighted by Gasteiger charge is 2.43. The van der Waals surface area contributed by atoms with Crippen LogP contribution in [0, 0.1) is 0 Å². The molecule has 1 amide bonds. The smallest absolute Gasteiger partial charge is 0.243 e. The van der Waals surface area contributed by atoms with Crippen molar-refractivity contribution in [3.63, 3.8) is 0 Å². The number of carbonyl (C=O) groups is 1. The molecule has 2 heterocycles. The molecule has 4 atom stereocenters. The van der Waals surface area contributed by atoms with Crippen molar-refractivity contribution < 1.29 is 27.8 Å². The molecule has 2 aliphatic rings. The van der Waals surface area contributed by atoms with Gasteiger partial charge in [0.05, 0.1) is 48.9 Å². The summed E-state index contributed by atoms with van der Waals surface area (Å²) in [5, 5.41) is 13.5. The van der Waals surface area contributed by atoms with E-state index in [0.29, 0.717) is 23.6 Å². The van der Waals surface area contributed by atoms with Crippen LogP contribution in [0.3, 0.4) is 0 Å². The summed E-state index contributed by atoms with van der Waals surface area (Å²) in [5.41, 5.74) is 0.707. The van der Waals surface area contributed by atoms with Gasteiger partial charge < -0.3 is 19.9 Å². The topological polar surface area (TPSA) is 105 Å². The molecule has 8 nitrogen and oxygen atoms in total. The van der Waals surface area contributed by atoms with Gasteiger partial charge in [0, 0.05) is 17.3 Å². The number of β-amino-alcohol motifs (C(OH)–C–C–N with tert-alkyl or cyclic N) is 1. The molecular weight excluding hydrogens is 468 g/mol. The second kappa shape index (κ2) is 10.5. The zero-order valence-corrected chi connectivity index (χ0v) is 19.5. The SMILES string of the molecule is O=C(C[C@H]1CC[C@@H]2[C@H](COC[C@@H](O)CN2S(=O)(=O)c2cccc(Cl)c2)O1)Nc1ccccc1. The minimum absolute atomic E-state index is 0.00664. The lowest BCUT2D eigenvalue weighted by molar-refractivity contribution is -0.144. The van der Waals surface area contributed by atoms with E-state index in [0.717, 1.165) is 0 Å². The molecule has 0 spiro atoms. The number of nitrogens with one attached hydrogen (secondary N) is 1. The van der Waals surface area contributed by atoms with Gasteiger partial charge in [-0.3, -0.25) is 4.79 Å². The maximum atomic E-state index is 13.5. The molecule has 33 heavy (non-hydrogen) atoms. The van der Waals surface area contributed by atoms with Crippen molar-refractivity contribution in [3.05, 3.63) is 59.6 Å². The summed E-state index contributed by atoms with van der Waals surface area (Å²) < 4.78 is 40.0. The predicted octanol–water partition coefficient (Wildman–Crippen LogP) is 2.67. The van der Waals surface area contributed by atoms with Crippen molar-refractivity contribution >= 4 is 33.2 Å². The maximum absolute atomic E-state index is 13.5. The fraction of sp³-hybridized carbons (Fsp3) is 0.435. The van der Waals surface area contributed by atoms with Gasteiger partial charge in [0.15, 0.2) is 0 Å². The lowest BCUT2D eigenvalue weighted by Gasteiger charge is -2.43. The number of sulfonamides is 1. The number of benzene rings is 2. The van der Waals surface area contributed by atoms with E-state index in [-0.39, 0.29) is 43.1 Å². The van der Waals surface area contributed by atoms with Crippen LogP contribution in [0.4, 0.5) is 5.69 Å². The Balaban J connectivity index is 1.49. The van der Waals surface area contributed by atoms with Crippen LogP contribution < -0.4 is 5.32 Å². The number of ether oxygens (including phenoxy) is 2. The fourth-order valence-corrected chi connectivity index (χ4v) is 6.29. The summed E-state index contributed by atoms with van der Waals surface area (Å²) in [4.78, 5) is 12.5. The van der Waals surface area contributed by atoms with Gasteiger partial charge in [0.2, 0.25) is 15.9 Å². The summed E-state index contributed by atoms with van der Waals surface area (Å²) in [5.74, 6) is -0.171. The molecule has 0 radical (unpaired) electrons. The van der Waals surface area contributed by atoms with Crippen molar-refractivity contribution in [2.45, 2.75) is 48.5 Å². The normalized spacial score (nSPS) is 26.6. The highest BCUT2D eigenvalue weighted by atomic mass is 35.5. The fourth-order valence-electron chi connectivity index (χ4n) is 4.27. The maximum Gasteiger partial charge on any atom is 0.243 e. The van der Waals surface area contributed by atoms with Gasteiger partial charge in [-0.25, -0.2) is 8.42 Å². The molecule has 2 aromatic carbocycles. The molecule has 2 N–H and O–H groups in total. The first-order valence-electron chi connectivity index (χ1n) is 10.9. The molecule has 0 aliphatic carbocycles. The van der Waals surface area contributed by atoms with Gasteiger partial charge in [-0.2, -0.15) is 4.31 Å². The molecule has 2 aliphatic heterocycles. The second-order valence-corrected chi connectivity index (χ2v) is 10.6. The predicted molar refractivity (Wildman–Crippen MR) is 124 cm³/mol. The Hall–Kier alpha value is -2.01. The number of aliphatic hydroxyl groups excluding tert-OH is 1. The average Bonchev–Trinajstić information content (AvgIpc) is 2.77. The number of amides is 1. The van der Waals surface area contributed by atoms with Crippen LogP contribution in [0.25, 0.3) is 0 Å². The van der Waals surface area contributed by atoms with Crippen LogP contribution >= 0.6 is 11.6 Å². The Morgan fingerprint density at radius 3 is 2.67 bits per heavy atom. The number of rotatable bonds is 5. The number of para-hydroxylation sites is 1. The van der Waals surface area contributed by atoms with Crippen molar-refractivity contribution in [1.82, 2.24) is 4.31 Å². The molecule has 0 bridgehead atoms. The van der Waals surface area contributed by atoms with E-state index in [1.165, 1.54) is 16.4 Å². The molecule has 10 heteroatoms. The Labute approximate surface area is 198 Å². The number of anilines is 1. The standard InChI is InChI=1S/C23H27ClN2O6S/c24-16-5-4-8-20(11-16)33(29,30)26-13-18(27)14-31-15-22-21(26)10-9-19(32-22)12-23(28)25-17-6-2-1-3-7-17/h1-8,11,18-19,21-22,27H,9-10,12-15H2,(H,25,28)/t18-,19+,21+,22-/m0/s1. The molecule has 178 valence electrons. The van der Waals surface area contributed by atoms with E-state index in [4.69, 9.17) is 21.1 Å². The van der Waals surface area contributed by atoms with Crippen LogP contribution in [0.2, 0.25) is 5.02 Å². The van der Waals surface area contributed by atoms with Crippen LogP contribution in [-0.2, 0) is 24.3 Å². The minimum Gasteiger partial charge on any atom is -0.389 e. The number of carbonyl (C=O) groups excluding carboxylic acids is 1. The molecule has 0 aromatic heterocycles. The lowest BCUT2D eigenvalue weighted by Crippen LogP contribution is -2.57. The van der Waals surface area contributed by atoms with Crippen molar-refractivity contribution in [1.29, 1.82) is 0 Å². The van der Waals surface area contributed by atoms with E-state index in [1.807, 2.05) is 30.3 Å². The molecule has 2 saturated heterocycles. The highest BCUT2D eigenvalue weighted by molar-refractivity contribution is 7.89. The molecule has 2 fully saturated rings. The number of nitrogens with zero attached hydrogens (tertiary/aromatic N) is 1. The first kappa shape index (κ1) is 24.1. The van der Waals surface area contributed by atoms with Gasteiger partial charge in [0.25, 0.3) is 0 Å². The van der Waals surface area contributed by atoms with E-state index in [2.05, 4.69) is 5.32 Å². The number of hydrogen-bond donors (Lipinski definition) is 2. The van der Waals surface area contributed by atoms with Crippen molar-refractivity contribution in [2.75, 3.05) is 25.1 Å². The van der Waals surface area contributed by atoms with Crippen LogP contribution in [0.5, 0.6) is 0 Å². The molecule has 0 saturated carbocycles. The van der Waals surface area contributed by atoms with E-state index in [1.54, 1.807) is 12.1 Å². The molecule has 0 unspecified atom stereocenters. The largest absolute Gasteiger partial charge is 0.389 e. The van der Waals surface area contributed by atoms with Crippen LogP contribution in [0.1, 0.15) is 19.3 Å². The number of fused-ring (bicyclic) bond motifs is 1. The monoisotopic (exact) mass is 494 g/mol. The molecular formula is C23H27ClN2O6S. The number of hydrogen-bond acceptors (Lipinski definition) is 6. The zero-order valence-electron chi connectivity index (χ0n) is 18.0. The van der Waals surface area contributed by atoms with Gasteiger partial charge in [0.1, 0.15) is 0 Å². The van der Waals surface area contributed by atoms with Crippen LogP contribution in [0.15, 0.2) is 59.5 Å². The average molecular weight is 495 g/mol. The Bertz CT molecular complexity index is 1070. The van der Waals surface area contributed by atoms with Gasteiger partial charge >= 0.3 is 0 Å². The second-order valence-electron chi connectivity index (χ2n) is 8.28. The van der Waals surface area contributed by atoms with E-state index < -0.39 is 28.3 Å². The van der Waals surface area contributed by atoms with Gasteiger partial charge in [-0.15, -0.1) is 0 Å². The summed E-state index contributed by atoms with van der Waals surface area (Å²) in [6.07, 6.45) is -0.755. The van der Waals surface area contributed by atoms with Crippen molar-refractivity contribution in [3.8, 4) is 0 Å².